The summed E-state index contributed by atoms with van der Waals surface area (Å²) in [5.41, 5.74) is 0.106. The molecule has 3 nitrogen and oxygen atoms in total. The van der Waals surface area contributed by atoms with Crippen LogP contribution in [0.3, 0.4) is 0 Å². The lowest BCUT2D eigenvalue weighted by Crippen LogP contribution is -1.93. The molecule has 0 radical (unpaired) electrons. The minimum Gasteiger partial charge on any atom is -0.478 e. The van der Waals surface area contributed by atoms with Crippen molar-refractivity contribution in [3.8, 4) is 11.5 Å². The Balaban J connectivity index is 2.39. The number of carbonyl (C=O) groups is 1. The second-order valence-corrected chi connectivity index (χ2v) is 5.02. The van der Waals surface area contributed by atoms with E-state index >= 15 is 0 Å². The number of carboxylic acid groups (broad SMARTS) is 1. The summed E-state index contributed by atoms with van der Waals surface area (Å²) < 4.78 is 20.3. The zero-order valence-corrected chi connectivity index (χ0v) is 12.4. The Morgan fingerprint density at radius 1 is 1.15 bits per heavy atom. The van der Waals surface area contributed by atoms with Gasteiger partial charge in [0.05, 0.1) is 9.13 Å². The van der Waals surface area contributed by atoms with E-state index in [-0.39, 0.29) is 11.3 Å². The Morgan fingerprint density at radius 3 is 2.55 bits per heavy atom. The van der Waals surface area contributed by atoms with Crippen LogP contribution in [-0.4, -0.2) is 11.1 Å². The summed E-state index contributed by atoms with van der Waals surface area (Å²) in [6.07, 6.45) is 2.06. The third-order valence-corrected chi connectivity index (χ3v) is 3.35. The van der Waals surface area contributed by atoms with Crippen LogP contribution in [0.4, 0.5) is 4.39 Å². The summed E-state index contributed by atoms with van der Waals surface area (Å²) in [5, 5.41) is 8.64. The first-order valence-electron chi connectivity index (χ1n) is 5.70. The fourth-order valence-electron chi connectivity index (χ4n) is 1.57. The fraction of sp³-hybridized carbons (Fsp3) is 0. The van der Waals surface area contributed by atoms with Crippen LogP contribution in [0, 0.1) is 9.39 Å². The molecule has 102 valence electrons. The molecule has 0 heterocycles. The zero-order chi connectivity index (χ0) is 14.5. The number of hydrogen-bond donors (Lipinski definition) is 1. The molecular formula is C15H10FIO3. The van der Waals surface area contributed by atoms with Gasteiger partial charge >= 0.3 is 5.97 Å². The Morgan fingerprint density at radius 2 is 1.85 bits per heavy atom. The van der Waals surface area contributed by atoms with Gasteiger partial charge in [-0.15, -0.1) is 0 Å². The highest BCUT2D eigenvalue weighted by molar-refractivity contribution is 14.1. The van der Waals surface area contributed by atoms with E-state index in [1.807, 2.05) is 18.2 Å². The van der Waals surface area contributed by atoms with Crippen molar-refractivity contribution in [1.82, 2.24) is 0 Å². The highest BCUT2D eigenvalue weighted by Gasteiger charge is 2.09. The number of benzene rings is 2. The summed E-state index contributed by atoms with van der Waals surface area (Å²) in [5.74, 6) is -0.824. The maximum Gasteiger partial charge on any atom is 0.328 e. The first kappa shape index (κ1) is 14.5. The van der Waals surface area contributed by atoms with Gasteiger partial charge < -0.3 is 9.84 Å². The second-order valence-electron chi connectivity index (χ2n) is 3.86. The summed E-state index contributed by atoms with van der Waals surface area (Å²) in [4.78, 5) is 10.6. The van der Waals surface area contributed by atoms with E-state index in [1.54, 1.807) is 12.1 Å². The van der Waals surface area contributed by atoms with Gasteiger partial charge in [0.15, 0.2) is 0 Å². The maximum absolute atomic E-state index is 13.8. The van der Waals surface area contributed by atoms with Crippen molar-refractivity contribution in [3.63, 3.8) is 0 Å². The molecule has 0 aromatic heterocycles. The molecule has 20 heavy (non-hydrogen) atoms. The second kappa shape index (κ2) is 6.51. The number of aliphatic carboxylic acids is 1. The van der Waals surface area contributed by atoms with Gasteiger partial charge in [0.25, 0.3) is 0 Å². The minimum absolute atomic E-state index is 0.106. The average Bonchev–Trinajstić information content (AvgIpc) is 2.40. The van der Waals surface area contributed by atoms with Gasteiger partial charge in [-0.1, -0.05) is 18.2 Å². The van der Waals surface area contributed by atoms with Crippen LogP contribution in [0.5, 0.6) is 11.5 Å². The van der Waals surface area contributed by atoms with E-state index in [9.17, 15) is 9.18 Å². The lowest BCUT2D eigenvalue weighted by molar-refractivity contribution is -0.131. The molecule has 0 bridgehead atoms. The van der Waals surface area contributed by atoms with Crippen molar-refractivity contribution < 1.29 is 19.0 Å². The number of hydrogen-bond acceptors (Lipinski definition) is 2. The lowest BCUT2D eigenvalue weighted by atomic mass is 10.1. The van der Waals surface area contributed by atoms with Crippen molar-refractivity contribution in [1.29, 1.82) is 0 Å². The summed E-state index contributed by atoms with van der Waals surface area (Å²) in [6.45, 7) is 0. The molecular weight excluding hydrogens is 374 g/mol. The highest BCUT2D eigenvalue weighted by Crippen LogP contribution is 2.30. The maximum atomic E-state index is 13.8. The average molecular weight is 384 g/mol. The predicted octanol–water partition coefficient (Wildman–Crippen LogP) is 4.32. The molecule has 0 fully saturated rings. The molecule has 0 aliphatic carbocycles. The summed E-state index contributed by atoms with van der Waals surface area (Å²) in [6, 6.07) is 11.7. The van der Waals surface area contributed by atoms with Crippen LogP contribution in [0.15, 0.2) is 48.5 Å². The van der Waals surface area contributed by atoms with Crippen molar-refractivity contribution in [2.24, 2.45) is 0 Å². The molecule has 5 heteroatoms. The van der Waals surface area contributed by atoms with Gasteiger partial charge in [-0.25, -0.2) is 9.18 Å². The first-order valence-corrected chi connectivity index (χ1v) is 6.77. The van der Waals surface area contributed by atoms with Crippen LogP contribution in [0.2, 0.25) is 0 Å². The van der Waals surface area contributed by atoms with E-state index in [2.05, 4.69) is 22.6 Å². The standard InChI is InChI=1S/C15H10FIO3/c16-11-4-3-7-13(10(11)8-9-15(18)19)20-14-6-2-1-5-12(14)17/h1-9H,(H,18,19)/b9-8+. The zero-order valence-electron chi connectivity index (χ0n) is 10.2. The number of halogens is 2. The lowest BCUT2D eigenvalue weighted by Gasteiger charge is -2.10. The number of ether oxygens (including phenoxy) is 1. The summed E-state index contributed by atoms with van der Waals surface area (Å²) >= 11 is 2.11. The van der Waals surface area contributed by atoms with Crippen LogP contribution in [0.1, 0.15) is 5.56 Å². The minimum atomic E-state index is -1.14. The van der Waals surface area contributed by atoms with E-state index in [0.717, 1.165) is 9.65 Å². The van der Waals surface area contributed by atoms with E-state index in [1.165, 1.54) is 18.2 Å². The smallest absolute Gasteiger partial charge is 0.328 e. The molecule has 1 N–H and O–H groups in total. The van der Waals surface area contributed by atoms with Crippen molar-refractivity contribution in [2.45, 2.75) is 0 Å². The van der Waals surface area contributed by atoms with Gasteiger partial charge in [-0.3, -0.25) is 0 Å². The van der Waals surface area contributed by atoms with Crippen molar-refractivity contribution in [3.05, 3.63) is 63.5 Å². The quantitative estimate of drug-likeness (QED) is 0.631. The fourth-order valence-corrected chi connectivity index (χ4v) is 2.07. The highest BCUT2D eigenvalue weighted by atomic mass is 127. The van der Waals surface area contributed by atoms with Crippen LogP contribution in [-0.2, 0) is 4.79 Å². The monoisotopic (exact) mass is 384 g/mol. The van der Waals surface area contributed by atoms with E-state index in [4.69, 9.17) is 9.84 Å². The van der Waals surface area contributed by atoms with Crippen molar-refractivity contribution >= 4 is 34.6 Å². The number of rotatable bonds is 4. The van der Waals surface area contributed by atoms with Gasteiger partial charge in [-0.05, 0) is 52.9 Å². The molecule has 0 spiro atoms. The molecule has 2 aromatic rings. The molecule has 0 atom stereocenters. The summed E-state index contributed by atoms with van der Waals surface area (Å²) in [7, 11) is 0. The molecule has 0 saturated heterocycles. The topological polar surface area (TPSA) is 46.5 Å². The SMILES string of the molecule is O=C(O)/C=C/c1c(F)cccc1Oc1ccccc1I. The molecule has 0 amide bonds. The molecule has 2 rings (SSSR count). The van der Waals surface area contributed by atoms with E-state index < -0.39 is 11.8 Å². The molecule has 0 unspecified atom stereocenters. The van der Waals surface area contributed by atoms with Gasteiger partial charge in [0.1, 0.15) is 17.3 Å². The normalized spacial score (nSPS) is 10.7. The Labute approximate surface area is 128 Å². The molecule has 2 aromatic carbocycles. The Kier molecular flexibility index (Phi) is 4.73. The van der Waals surface area contributed by atoms with Gasteiger partial charge in [0, 0.05) is 6.08 Å². The first-order chi connectivity index (χ1) is 9.58. The van der Waals surface area contributed by atoms with E-state index in [0.29, 0.717) is 5.75 Å². The molecule has 0 aliphatic rings. The number of para-hydroxylation sites is 1. The molecule has 0 aliphatic heterocycles. The van der Waals surface area contributed by atoms with Crippen LogP contribution >= 0.6 is 22.6 Å². The third-order valence-electron chi connectivity index (χ3n) is 2.46. The third kappa shape index (κ3) is 3.57. The molecule has 0 saturated carbocycles. The van der Waals surface area contributed by atoms with Crippen molar-refractivity contribution in [2.75, 3.05) is 0 Å². The largest absolute Gasteiger partial charge is 0.478 e. The Bertz CT molecular complexity index is 668. The number of carboxylic acids is 1. The van der Waals surface area contributed by atoms with Crippen LogP contribution < -0.4 is 4.74 Å². The Hall–Kier alpha value is -1.89. The predicted molar refractivity (Wildman–Crippen MR) is 82.3 cm³/mol. The van der Waals surface area contributed by atoms with Crippen LogP contribution in [0.25, 0.3) is 6.08 Å². The van der Waals surface area contributed by atoms with Gasteiger partial charge in [-0.2, -0.15) is 0 Å². The van der Waals surface area contributed by atoms with Gasteiger partial charge in [0.2, 0.25) is 0 Å².